The summed E-state index contributed by atoms with van der Waals surface area (Å²) in [6.07, 6.45) is 8.51. The quantitative estimate of drug-likeness (QED) is 0.872. The zero-order valence-corrected chi connectivity index (χ0v) is 15.3. The number of ether oxygens (including phenoxy) is 1. The molecule has 2 heterocycles. The smallest absolute Gasteiger partial charge is 0.225 e. The second kappa shape index (κ2) is 6.88. The van der Waals surface area contributed by atoms with E-state index in [0.717, 1.165) is 48.7 Å². The van der Waals surface area contributed by atoms with Crippen LogP contribution in [0.4, 0.5) is 0 Å². The van der Waals surface area contributed by atoms with E-state index in [-0.39, 0.29) is 17.9 Å². The molecule has 6 nitrogen and oxygen atoms in total. The summed E-state index contributed by atoms with van der Waals surface area (Å²) >= 11 is 1.70. The molecule has 1 amide bonds. The van der Waals surface area contributed by atoms with E-state index in [1.807, 2.05) is 7.05 Å². The van der Waals surface area contributed by atoms with E-state index >= 15 is 0 Å². The minimum Gasteiger partial charge on any atom is -0.474 e. The molecule has 2 aliphatic carbocycles. The van der Waals surface area contributed by atoms with E-state index in [2.05, 4.69) is 15.3 Å². The Kier molecular flexibility index (Phi) is 4.60. The van der Waals surface area contributed by atoms with Gasteiger partial charge >= 0.3 is 0 Å². The molecule has 0 radical (unpaired) electrons. The number of amides is 1. The Morgan fingerprint density at radius 1 is 1.28 bits per heavy atom. The molecule has 0 unspecified atom stereocenters. The Bertz CT molecular complexity index is 783. The molecule has 0 saturated heterocycles. The van der Waals surface area contributed by atoms with Gasteiger partial charge in [-0.3, -0.25) is 4.79 Å². The Hall–Kier alpha value is -1.73. The maximum atomic E-state index is 11.6. The van der Waals surface area contributed by atoms with Gasteiger partial charge in [-0.1, -0.05) is 0 Å². The van der Waals surface area contributed by atoms with Gasteiger partial charge in [-0.05, 0) is 57.6 Å². The summed E-state index contributed by atoms with van der Waals surface area (Å²) in [5.74, 6) is 0.375. The molecule has 0 spiro atoms. The summed E-state index contributed by atoms with van der Waals surface area (Å²) in [7, 11) is 2.02. The summed E-state index contributed by atoms with van der Waals surface area (Å²) in [5, 5.41) is 4.35. The molecular weight excluding hydrogens is 336 g/mol. The van der Waals surface area contributed by atoms with Crippen molar-refractivity contribution in [1.82, 2.24) is 15.3 Å². The fourth-order valence-corrected chi connectivity index (χ4v) is 5.21. The van der Waals surface area contributed by atoms with Crippen molar-refractivity contribution in [2.45, 2.75) is 57.1 Å². The lowest BCUT2D eigenvalue weighted by Gasteiger charge is -2.28. The summed E-state index contributed by atoms with van der Waals surface area (Å²) in [6.45, 7) is 0. The van der Waals surface area contributed by atoms with Gasteiger partial charge in [0.15, 0.2) is 0 Å². The van der Waals surface area contributed by atoms with E-state index < -0.39 is 0 Å². The van der Waals surface area contributed by atoms with Crippen LogP contribution in [0.25, 0.3) is 10.2 Å². The average Bonchev–Trinajstić information content (AvgIpc) is 3.01. The number of rotatable bonds is 4. The zero-order chi connectivity index (χ0) is 17.4. The SMILES string of the molecule is CN[C@H]1CC[C@H](Oc2ncnc3sc4c(c23)C[C@H](C(N)=O)CC4)CC1. The van der Waals surface area contributed by atoms with Crippen LogP contribution in [-0.2, 0) is 17.6 Å². The van der Waals surface area contributed by atoms with E-state index in [4.69, 9.17) is 10.5 Å². The van der Waals surface area contributed by atoms with Crippen molar-refractivity contribution in [3.8, 4) is 5.88 Å². The number of carbonyl (C=O) groups excluding carboxylic acids is 1. The third kappa shape index (κ3) is 3.22. The number of hydrogen-bond donors (Lipinski definition) is 2. The molecule has 2 aliphatic rings. The maximum Gasteiger partial charge on any atom is 0.225 e. The first-order valence-corrected chi connectivity index (χ1v) is 9.85. The molecule has 1 fully saturated rings. The fraction of sp³-hybridized carbons (Fsp3) is 0.611. The number of nitrogens with two attached hydrogens (primary N) is 1. The second-order valence-electron chi connectivity index (χ2n) is 7.09. The number of nitrogens with zero attached hydrogens (tertiary/aromatic N) is 2. The van der Waals surface area contributed by atoms with Crippen LogP contribution in [0.1, 0.15) is 42.5 Å². The van der Waals surface area contributed by atoms with Crippen molar-refractivity contribution in [1.29, 1.82) is 0 Å². The Morgan fingerprint density at radius 3 is 2.80 bits per heavy atom. The number of aromatic nitrogens is 2. The van der Waals surface area contributed by atoms with E-state index in [0.29, 0.717) is 18.3 Å². The molecule has 0 aliphatic heterocycles. The van der Waals surface area contributed by atoms with Gasteiger partial charge in [-0.25, -0.2) is 9.97 Å². The number of hydrogen-bond acceptors (Lipinski definition) is 6. The van der Waals surface area contributed by atoms with Gasteiger partial charge in [0.1, 0.15) is 17.3 Å². The predicted octanol–water partition coefficient (Wildman–Crippen LogP) is 2.19. The summed E-state index contributed by atoms with van der Waals surface area (Å²) in [6, 6.07) is 0.593. The van der Waals surface area contributed by atoms with Crippen LogP contribution in [0.2, 0.25) is 0 Å². The van der Waals surface area contributed by atoms with Crippen LogP contribution in [-0.4, -0.2) is 35.1 Å². The molecule has 4 rings (SSSR count). The highest BCUT2D eigenvalue weighted by Crippen LogP contribution is 2.41. The number of primary amides is 1. The van der Waals surface area contributed by atoms with Crippen molar-refractivity contribution in [2.75, 3.05) is 7.05 Å². The lowest BCUT2D eigenvalue weighted by Crippen LogP contribution is -2.34. The van der Waals surface area contributed by atoms with E-state index in [1.54, 1.807) is 17.7 Å². The van der Waals surface area contributed by atoms with Gasteiger partial charge in [-0.15, -0.1) is 11.3 Å². The van der Waals surface area contributed by atoms with Crippen LogP contribution >= 0.6 is 11.3 Å². The number of thiophene rings is 1. The number of nitrogens with one attached hydrogen (secondary N) is 1. The van der Waals surface area contributed by atoms with E-state index in [1.165, 1.54) is 10.4 Å². The minimum atomic E-state index is -0.213. The largest absolute Gasteiger partial charge is 0.474 e. The second-order valence-corrected chi connectivity index (χ2v) is 8.17. The number of carbonyl (C=O) groups is 1. The van der Waals surface area contributed by atoms with Gasteiger partial charge in [-0.2, -0.15) is 0 Å². The molecule has 25 heavy (non-hydrogen) atoms. The predicted molar refractivity (Wildman–Crippen MR) is 97.9 cm³/mol. The van der Waals surface area contributed by atoms with E-state index in [9.17, 15) is 4.79 Å². The monoisotopic (exact) mass is 360 g/mol. The summed E-state index contributed by atoms with van der Waals surface area (Å²) in [5.41, 5.74) is 6.72. The normalized spacial score (nSPS) is 26.4. The molecule has 1 atom stereocenters. The first kappa shape index (κ1) is 16.7. The molecule has 0 bridgehead atoms. The molecule has 7 heteroatoms. The zero-order valence-electron chi connectivity index (χ0n) is 14.5. The average molecular weight is 360 g/mol. The van der Waals surface area contributed by atoms with Crippen molar-refractivity contribution in [2.24, 2.45) is 11.7 Å². The lowest BCUT2D eigenvalue weighted by atomic mass is 9.87. The molecule has 2 aromatic heterocycles. The fourth-order valence-electron chi connectivity index (χ4n) is 4.04. The molecule has 1 saturated carbocycles. The lowest BCUT2D eigenvalue weighted by molar-refractivity contribution is -0.122. The topological polar surface area (TPSA) is 90.1 Å². The third-order valence-corrected chi connectivity index (χ3v) is 6.77. The van der Waals surface area contributed by atoms with Crippen molar-refractivity contribution in [3.05, 3.63) is 16.8 Å². The summed E-state index contributed by atoms with van der Waals surface area (Å²) in [4.78, 5) is 22.8. The van der Waals surface area contributed by atoms with Gasteiger partial charge in [0, 0.05) is 16.8 Å². The van der Waals surface area contributed by atoms with Gasteiger partial charge in [0.05, 0.1) is 5.39 Å². The Balaban J connectivity index is 1.62. The first-order chi connectivity index (χ1) is 12.2. The van der Waals surface area contributed by atoms with Crippen molar-refractivity contribution < 1.29 is 9.53 Å². The van der Waals surface area contributed by atoms with Gasteiger partial charge in [0.2, 0.25) is 11.8 Å². The van der Waals surface area contributed by atoms with Crippen LogP contribution < -0.4 is 15.8 Å². The highest BCUT2D eigenvalue weighted by molar-refractivity contribution is 7.18. The number of fused-ring (bicyclic) bond motifs is 3. The standard InChI is InChI=1S/C18H24N4O2S/c1-20-11-3-5-12(6-4-11)24-17-15-13-8-10(16(19)23)2-7-14(13)25-18(15)22-9-21-17/h9-12,20H,2-8H2,1H3,(H2,19,23)/t10-,11-,12-/m1/s1. The van der Waals surface area contributed by atoms with Gasteiger partial charge in [0.25, 0.3) is 0 Å². The Labute approximate surface area is 151 Å². The first-order valence-electron chi connectivity index (χ1n) is 9.04. The van der Waals surface area contributed by atoms with Crippen LogP contribution in [0.5, 0.6) is 5.88 Å². The highest BCUT2D eigenvalue weighted by Gasteiger charge is 2.29. The highest BCUT2D eigenvalue weighted by atomic mass is 32.1. The molecular formula is C18H24N4O2S. The Morgan fingerprint density at radius 2 is 2.08 bits per heavy atom. The van der Waals surface area contributed by atoms with Crippen LogP contribution in [0, 0.1) is 5.92 Å². The van der Waals surface area contributed by atoms with Crippen molar-refractivity contribution >= 4 is 27.5 Å². The molecule has 0 aromatic carbocycles. The summed E-state index contributed by atoms with van der Waals surface area (Å²) < 4.78 is 6.29. The molecule has 3 N–H and O–H groups in total. The maximum absolute atomic E-state index is 11.6. The minimum absolute atomic E-state index is 0.0931. The van der Waals surface area contributed by atoms with Crippen molar-refractivity contribution in [3.63, 3.8) is 0 Å². The van der Waals surface area contributed by atoms with Crippen LogP contribution in [0.15, 0.2) is 6.33 Å². The van der Waals surface area contributed by atoms with Gasteiger partial charge < -0.3 is 15.8 Å². The van der Waals surface area contributed by atoms with Crippen LogP contribution in [0.3, 0.4) is 0 Å². The number of aryl methyl sites for hydroxylation is 1. The molecule has 134 valence electrons. The molecule has 2 aromatic rings. The third-order valence-electron chi connectivity index (χ3n) is 5.57.